The minimum atomic E-state index is 0.117. The predicted octanol–water partition coefficient (Wildman–Crippen LogP) is 5.30. The highest BCUT2D eigenvalue weighted by atomic mass is 32.1. The Kier molecular flexibility index (Phi) is 5.10. The summed E-state index contributed by atoms with van der Waals surface area (Å²) in [5.74, 6) is 0. The van der Waals surface area contributed by atoms with Crippen LogP contribution in [0.4, 0.5) is 0 Å². The van der Waals surface area contributed by atoms with Gasteiger partial charge in [0.05, 0.1) is 17.8 Å². The van der Waals surface area contributed by atoms with Crippen molar-refractivity contribution in [3.05, 3.63) is 54.1 Å². The Balaban J connectivity index is 1.55. The smallest absolute Gasteiger partial charge is 0.170 e. The van der Waals surface area contributed by atoms with Crippen LogP contribution in [0.1, 0.15) is 87.3 Å². The van der Waals surface area contributed by atoms with Crippen molar-refractivity contribution in [2.24, 2.45) is 0 Å². The number of hydrogen-bond donors (Lipinski definition) is 1. The second-order valence-electron chi connectivity index (χ2n) is 8.60. The number of nitrogens with one attached hydrogen (secondary N) is 1. The maximum absolute atomic E-state index is 5.88. The van der Waals surface area contributed by atoms with E-state index in [-0.39, 0.29) is 12.1 Å². The second kappa shape index (κ2) is 7.86. The van der Waals surface area contributed by atoms with E-state index in [9.17, 15) is 0 Å². The van der Waals surface area contributed by atoms with Gasteiger partial charge in [-0.15, -0.1) is 0 Å². The summed E-state index contributed by atoms with van der Waals surface area (Å²) < 4.78 is 2.57. The Morgan fingerprint density at radius 1 is 0.893 bits per heavy atom. The number of nitrogens with zero attached hydrogens (tertiary/aromatic N) is 3. The van der Waals surface area contributed by atoms with Crippen molar-refractivity contribution < 1.29 is 0 Å². The fourth-order valence-corrected chi connectivity index (χ4v) is 6.00. The lowest BCUT2D eigenvalue weighted by Crippen LogP contribution is -2.38. The molecule has 3 aliphatic rings. The molecule has 3 fully saturated rings. The van der Waals surface area contributed by atoms with Gasteiger partial charge in [-0.2, -0.15) is 0 Å². The Morgan fingerprint density at radius 2 is 1.64 bits per heavy atom. The molecule has 0 amide bonds. The molecule has 2 aliphatic carbocycles. The molecule has 28 heavy (non-hydrogen) atoms. The lowest BCUT2D eigenvalue weighted by Gasteiger charge is -2.35. The molecule has 0 spiro atoms. The standard InChI is InChI=1S/C23H30N4S/c28-23-25-21(19-13-6-7-15-24-19)22(27(23)18-11-4-5-12-18)20-14-8-16-26(20)17-9-2-1-3-10-17/h6-8,13-18,21-22H,1-5,9-12H2,(H,25,28)/t21-,22+/m1/s1. The molecular formula is C23H30N4S. The molecule has 0 radical (unpaired) electrons. The van der Waals surface area contributed by atoms with E-state index in [2.05, 4.69) is 45.2 Å². The summed E-state index contributed by atoms with van der Waals surface area (Å²) in [5, 5.41) is 4.55. The zero-order valence-electron chi connectivity index (χ0n) is 16.5. The first-order valence-electron chi connectivity index (χ1n) is 11.0. The van der Waals surface area contributed by atoms with E-state index < -0.39 is 0 Å². The normalized spacial score (nSPS) is 26.7. The van der Waals surface area contributed by atoms with E-state index in [1.165, 1.54) is 63.5 Å². The van der Waals surface area contributed by atoms with Crippen LogP contribution >= 0.6 is 12.2 Å². The number of hydrogen-bond acceptors (Lipinski definition) is 2. The second-order valence-corrected chi connectivity index (χ2v) is 8.99. The minimum Gasteiger partial charge on any atom is -0.352 e. The number of thiocarbonyl (C=S) groups is 1. The van der Waals surface area contributed by atoms with Gasteiger partial charge < -0.3 is 14.8 Å². The third-order valence-electron chi connectivity index (χ3n) is 6.94. The lowest BCUT2D eigenvalue weighted by molar-refractivity contribution is 0.227. The molecule has 2 saturated carbocycles. The molecule has 2 atom stereocenters. The SMILES string of the molecule is S=C1N[C@H](c2ccccn2)[C@H](c2cccn2C2CCCCC2)N1C1CCCC1. The molecule has 2 aromatic rings. The van der Waals surface area contributed by atoms with E-state index in [4.69, 9.17) is 17.2 Å². The highest BCUT2D eigenvalue weighted by Crippen LogP contribution is 2.44. The van der Waals surface area contributed by atoms with Gasteiger partial charge in [-0.1, -0.05) is 38.2 Å². The Bertz CT molecular complexity index is 805. The maximum atomic E-state index is 5.88. The van der Waals surface area contributed by atoms with Crippen molar-refractivity contribution >= 4 is 17.3 Å². The zero-order valence-corrected chi connectivity index (χ0v) is 17.3. The largest absolute Gasteiger partial charge is 0.352 e. The van der Waals surface area contributed by atoms with Gasteiger partial charge in [0, 0.05) is 30.2 Å². The summed E-state index contributed by atoms with van der Waals surface area (Å²) in [5.41, 5.74) is 2.49. The van der Waals surface area contributed by atoms with Crippen molar-refractivity contribution in [2.75, 3.05) is 0 Å². The molecular weight excluding hydrogens is 364 g/mol. The van der Waals surface area contributed by atoms with Crippen LogP contribution in [-0.2, 0) is 0 Å². The molecule has 1 saturated heterocycles. The lowest BCUT2D eigenvalue weighted by atomic mass is 9.94. The van der Waals surface area contributed by atoms with Gasteiger partial charge in [0.1, 0.15) is 0 Å². The molecule has 1 N–H and O–H groups in total. The average Bonchev–Trinajstić information content (AvgIpc) is 3.48. The van der Waals surface area contributed by atoms with Gasteiger partial charge in [0.15, 0.2) is 5.11 Å². The highest BCUT2D eigenvalue weighted by molar-refractivity contribution is 7.80. The first-order chi connectivity index (χ1) is 13.8. The maximum Gasteiger partial charge on any atom is 0.170 e. The average molecular weight is 395 g/mol. The first kappa shape index (κ1) is 18.2. The topological polar surface area (TPSA) is 33.1 Å². The summed E-state index contributed by atoms with van der Waals surface area (Å²) in [6, 6.07) is 12.3. The van der Waals surface area contributed by atoms with Crippen LogP contribution in [0.25, 0.3) is 0 Å². The van der Waals surface area contributed by atoms with Crippen LogP contribution in [0.15, 0.2) is 42.7 Å². The quantitative estimate of drug-likeness (QED) is 0.713. The fraction of sp³-hybridized carbons (Fsp3) is 0.565. The molecule has 0 unspecified atom stereocenters. The minimum absolute atomic E-state index is 0.117. The van der Waals surface area contributed by atoms with Gasteiger partial charge in [-0.05, 0) is 62.2 Å². The van der Waals surface area contributed by atoms with Crippen molar-refractivity contribution in [1.29, 1.82) is 0 Å². The Morgan fingerprint density at radius 3 is 2.39 bits per heavy atom. The molecule has 0 aromatic carbocycles. The van der Waals surface area contributed by atoms with Crippen molar-refractivity contribution in [3.63, 3.8) is 0 Å². The van der Waals surface area contributed by atoms with Crippen LogP contribution in [0.5, 0.6) is 0 Å². The number of pyridine rings is 1. The third-order valence-corrected chi connectivity index (χ3v) is 7.26. The highest BCUT2D eigenvalue weighted by Gasteiger charge is 2.45. The third kappa shape index (κ3) is 3.24. The van der Waals surface area contributed by atoms with Gasteiger partial charge in [0.25, 0.3) is 0 Å². The van der Waals surface area contributed by atoms with E-state index in [0.717, 1.165) is 10.8 Å². The van der Waals surface area contributed by atoms with E-state index >= 15 is 0 Å². The number of rotatable bonds is 4. The summed E-state index contributed by atoms with van der Waals surface area (Å²) in [7, 11) is 0. The molecule has 5 heteroatoms. The van der Waals surface area contributed by atoms with Gasteiger partial charge in [0.2, 0.25) is 0 Å². The summed E-state index contributed by atoms with van der Waals surface area (Å²) >= 11 is 5.88. The molecule has 2 aromatic heterocycles. The van der Waals surface area contributed by atoms with E-state index in [1.54, 1.807) is 0 Å². The van der Waals surface area contributed by atoms with Gasteiger partial charge in [-0.3, -0.25) is 4.98 Å². The van der Waals surface area contributed by atoms with Crippen molar-refractivity contribution in [3.8, 4) is 0 Å². The van der Waals surface area contributed by atoms with Crippen molar-refractivity contribution in [2.45, 2.75) is 82.0 Å². The van der Waals surface area contributed by atoms with Gasteiger partial charge in [-0.25, -0.2) is 0 Å². The molecule has 1 aliphatic heterocycles. The van der Waals surface area contributed by atoms with E-state index in [0.29, 0.717) is 12.1 Å². The van der Waals surface area contributed by atoms with E-state index in [1.807, 2.05) is 12.3 Å². The first-order valence-corrected chi connectivity index (χ1v) is 11.4. The summed E-state index contributed by atoms with van der Waals surface area (Å²) in [4.78, 5) is 7.22. The van der Waals surface area contributed by atoms with Crippen molar-refractivity contribution in [1.82, 2.24) is 19.8 Å². The molecule has 148 valence electrons. The molecule has 3 heterocycles. The van der Waals surface area contributed by atoms with Crippen LogP contribution in [-0.4, -0.2) is 25.6 Å². The molecule has 0 bridgehead atoms. The fourth-order valence-electron chi connectivity index (χ4n) is 5.61. The van der Waals surface area contributed by atoms with Crippen LogP contribution < -0.4 is 5.32 Å². The van der Waals surface area contributed by atoms with Crippen LogP contribution in [0.2, 0.25) is 0 Å². The zero-order chi connectivity index (χ0) is 18.9. The predicted molar refractivity (Wildman–Crippen MR) is 116 cm³/mol. The van der Waals surface area contributed by atoms with Gasteiger partial charge >= 0.3 is 0 Å². The monoisotopic (exact) mass is 394 g/mol. The summed E-state index contributed by atoms with van der Waals surface area (Å²) in [6.07, 6.45) is 16.0. The Hall–Kier alpha value is -1.88. The van der Waals surface area contributed by atoms with Crippen LogP contribution in [0.3, 0.4) is 0 Å². The summed E-state index contributed by atoms with van der Waals surface area (Å²) in [6.45, 7) is 0. The molecule has 4 nitrogen and oxygen atoms in total. The number of aromatic nitrogens is 2. The molecule has 5 rings (SSSR count). The van der Waals surface area contributed by atoms with Crippen LogP contribution in [0, 0.1) is 0 Å². The Labute approximate surface area is 173 Å².